The Balaban J connectivity index is 1.12. The molecule has 0 bridgehead atoms. The number of nitrogens with zero attached hydrogens (tertiary/aromatic N) is 1. The minimum absolute atomic E-state index is 1.10. The Labute approximate surface area is 309 Å². The number of hydrogen-bond donors (Lipinski definition) is 0. The molecular weight excluding hydrogens is 639 g/mol. The van der Waals surface area contributed by atoms with E-state index in [1.807, 2.05) is 0 Å². The van der Waals surface area contributed by atoms with Crippen molar-refractivity contribution in [3.63, 3.8) is 0 Å². The van der Waals surface area contributed by atoms with E-state index in [0.717, 1.165) is 17.1 Å². The Bertz CT molecular complexity index is 2920. The van der Waals surface area contributed by atoms with E-state index in [0.29, 0.717) is 0 Å². The predicted molar refractivity (Wildman–Crippen MR) is 227 cm³/mol. The van der Waals surface area contributed by atoms with E-state index in [4.69, 9.17) is 0 Å². The summed E-state index contributed by atoms with van der Waals surface area (Å²) in [5, 5.41) is 10.2. The Morgan fingerprint density at radius 1 is 0.245 bits per heavy atom. The zero-order valence-electron chi connectivity index (χ0n) is 29.2. The van der Waals surface area contributed by atoms with Crippen LogP contribution >= 0.6 is 0 Å². The van der Waals surface area contributed by atoms with Crippen LogP contribution in [0.3, 0.4) is 0 Å². The molecule has 0 aromatic heterocycles. The van der Waals surface area contributed by atoms with Crippen LogP contribution in [-0.2, 0) is 0 Å². The first-order valence-corrected chi connectivity index (χ1v) is 18.3. The minimum atomic E-state index is 1.10. The fourth-order valence-corrected chi connectivity index (χ4v) is 8.07. The first-order valence-electron chi connectivity index (χ1n) is 18.3. The molecule has 0 N–H and O–H groups in total. The first kappa shape index (κ1) is 30.8. The second-order valence-corrected chi connectivity index (χ2v) is 13.7. The summed E-state index contributed by atoms with van der Waals surface area (Å²) in [6.07, 6.45) is 0. The zero-order chi connectivity index (χ0) is 35.1. The van der Waals surface area contributed by atoms with Gasteiger partial charge in [-0.2, -0.15) is 0 Å². The van der Waals surface area contributed by atoms with Crippen molar-refractivity contribution in [2.45, 2.75) is 0 Å². The molecule has 10 rings (SSSR count). The van der Waals surface area contributed by atoms with Crippen molar-refractivity contribution in [1.29, 1.82) is 0 Å². The lowest BCUT2D eigenvalue weighted by Crippen LogP contribution is -2.10. The fraction of sp³-hybridized carbons (Fsp3) is 0. The molecule has 0 heterocycles. The fourth-order valence-electron chi connectivity index (χ4n) is 8.07. The SMILES string of the molecule is c1ccc(-c2cccc(N(c3ccc(-c4cccc5ccccc45)cc3)c3ccc(-c4cc5ccccc5c5ccc6ccccc6c45)cc3)c2)cc1. The van der Waals surface area contributed by atoms with Crippen LogP contribution in [-0.4, -0.2) is 0 Å². The van der Waals surface area contributed by atoms with Crippen molar-refractivity contribution in [3.8, 4) is 33.4 Å². The lowest BCUT2D eigenvalue weighted by atomic mass is 9.90. The average Bonchev–Trinajstić information content (AvgIpc) is 3.24. The maximum absolute atomic E-state index is 2.37. The van der Waals surface area contributed by atoms with Gasteiger partial charge in [0, 0.05) is 17.1 Å². The predicted octanol–water partition coefficient (Wildman–Crippen LogP) is 14.8. The molecule has 248 valence electrons. The van der Waals surface area contributed by atoms with Gasteiger partial charge in [-0.05, 0) is 119 Å². The van der Waals surface area contributed by atoms with Crippen molar-refractivity contribution in [2.75, 3.05) is 4.90 Å². The highest BCUT2D eigenvalue weighted by atomic mass is 15.1. The summed E-state index contributed by atoms with van der Waals surface area (Å²) < 4.78 is 0. The molecule has 53 heavy (non-hydrogen) atoms. The van der Waals surface area contributed by atoms with E-state index >= 15 is 0 Å². The van der Waals surface area contributed by atoms with Crippen LogP contribution in [0, 0.1) is 0 Å². The molecule has 0 saturated carbocycles. The number of rotatable bonds is 6. The molecule has 0 spiro atoms. The molecule has 1 nitrogen and oxygen atoms in total. The van der Waals surface area contributed by atoms with E-state index in [1.165, 1.54) is 76.5 Å². The van der Waals surface area contributed by atoms with Gasteiger partial charge in [0.1, 0.15) is 0 Å². The number of anilines is 3. The van der Waals surface area contributed by atoms with E-state index < -0.39 is 0 Å². The van der Waals surface area contributed by atoms with Crippen LogP contribution in [0.2, 0.25) is 0 Å². The summed E-state index contributed by atoms with van der Waals surface area (Å²) in [6.45, 7) is 0. The third-order valence-corrected chi connectivity index (χ3v) is 10.6. The van der Waals surface area contributed by atoms with Crippen LogP contribution in [0.5, 0.6) is 0 Å². The van der Waals surface area contributed by atoms with Crippen molar-refractivity contribution in [3.05, 3.63) is 212 Å². The molecule has 1 heteroatoms. The third-order valence-electron chi connectivity index (χ3n) is 10.6. The highest BCUT2D eigenvalue weighted by molar-refractivity contribution is 6.23. The van der Waals surface area contributed by atoms with Crippen molar-refractivity contribution in [1.82, 2.24) is 0 Å². The monoisotopic (exact) mass is 673 g/mol. The summed E-state index contributed by atoms with van der Waals surface area (Å²) in [6, 6.07) is 77.2. The van der Waals surface area contributed by atoms with Gasteiger partial charge in [-0.25, -0.2) is 0 Å². The van der Waals surface area contributed by atoms with Gasteiger partial charge in [0.05, 0.1) is 0 Å². The zero-order valence-corrected chi connectivity index (χ0v) is 29.2. The first-order chi connectivity index (χ1) is 26.3. The number of benzene rings is 10. The number of fused-ring (bicyclic) bond motifs is 6. The van der Waals surface area contributed by atoms with Crippen molar-refractivity contribution < 1.29 is 0 Å². The van der Waals surface area contributed by atoms with Crippen LogP contribution in [0.4, 0.5) is 17.1 Å². The van der Waals surface area contributed by atoms with E-state index in [-0.39, 0.29) is 0 Å². The molecule has 0 fully saturated rings. The van der Waals surface area contributed by atoms with Crippen LogP contribution in [0.15, 0.2) is 212 Å². The summed E-state index contributed by atoms with van der Waals surface area (Å²) in [5.41, 5.74) is 10.6. The maximum atomic E-state index is 2.37. The van der Waals surface area contributed by atoms with Gasteiger partial charge in [0.15, 0.2) is 0 Å². The molecule has 0 aliphatic rings. The molecular formula is C52H35N. The van der Waals surface area contributed by atoms with Gasteiger partial charge < -0.3 is 4.90 Å². The average molecular weight is 674 g/mol. The second-order valence-electron chi connectivity index (χ2n) is 13.7. The molecule has 0 saturated heterocycles. The lowest BCUT2D eigenvalue weighted by molar-refractivity contribution is 1.28. The summed E-state index contributed by atoms with van der Waals surface area (Å²) in [4.78, 5) is 2.37. The summed E-state index contributed by atoms with van der Waals surface area (Å²) in [5.74, 6) is 0. The molecule has 0 aliphatic carbocycles. The standard InChI is InChI=1S/C52H35N/c1-2-12-36(13-3-1)41-18-10-19-45(34-41)53(43-29-24-39(25-30-43)47-23-11-17-37-14-4-7-20-46(37)47)44-31-26-40(27-32-44)51-35-42-16-6-8-21-48(42)50-33-28-38-15-5-9-22-49(38)52(50)51/h1-35H. The van der Waals surface area contributed by atoms with Crippen LogP contribution < -0.4 is 4.90 Å². The quantitative estimate of drug-likeness (QED) is 0.159. The largest absolute Gasteiger partial charge is 0.310 e. The van der Waals surface area contributed by atoms with Crippen LogP contribution in [0.25, 0.3) is 76.5 Å². The molecule has 10 aromatic rings. The van der Waals surface area contributed by atoms with Crippen LogP contribution in [0.1, 0.15) is 0 Å². The number of hydrogen-bond acceptors (Lipinski definition) is 1. The lowest BCUT2D eigenvalue weighted by Gasteiger charge is -2.26. The summed E-state index contributed by atoms with van der Waals surface area (Å²) >= 11 is 0. The van der Waals surface area contributed by atoms with E-state index in [9.17, 15) is 0 Å². The van der Waals surface area contributed by atoms with E-state index in [1.54, 1.807) is 0 Å². The Morgan fingerprint density at radius 2 is 0.792 bits per heavy atom. The van der Waals surface area contributed by atoms with Gasteiger partial charge in [0.25, 0.3) is 0 Å². The normalized spacial score (nSPS) is 11.4. The highest BCUT2D eigenvalue weighted by Gasteiger charge is 2.17. The van der Waals surface area contributed by atoms with Gasteiger partial charge in [-0.3, -0.25) is 0 Å². The Kier molecular flexibility index (Phi) is 7.55. The molecule has 0 radical (unpaired) electrons. The summed E-state index contributed by atoms with van der Waals surface area (Å²) in [7, 11) is 0. The van der Waals surface area contributed by atoms with E-state index in [2.05, 4.69) is 217 Å². The molecule has 0 atom stereocenters. The van der Waals surface area contributed by atoms with Gasteiger partial charge in [-0.1, -0.05) is 170 Å². The maximum Gasteiger partial charge on any atom is 0.0467 e. The second kappa shape index (κ2) is 13.0. The van der Waals surface area contributed by atoms with Gasteiger partial charge in [0.2, 0.25) is 0 Å². The highest BCUT2D eigenvalue weighted by Crippen LogP contribution is 2.42. The van der Waals surface area contributed by atoms with Gasteiger partial charge >= 0.3 is 0 Å². The molecule has 0 amide bonds. The minimum Gasteiger partial charge on any atom is -0.310 e. The Hall–Kier alpha value is -6.96. The van der Waals surface area contributed by atoms with Gasteiger partial charge in [-0.15, -0.1) is 0 Å². The molecule has 0 unspecified atom stereocenters. The van der Waals surface area contributed by atoms with Crippen molar-refractivity contribution in [2.24, 2.45) is 0 Å². The van der Waals surface area contributed by atoms with Crippen molar-refractivity contribution >= 4 is 60.2 Å². The topological polar surface area (TPSA) is 3.24 Å². The Morgan fingerprint density at radius 3 is 1.53 bits per heavy atom. The third kappa shape index (κ3) is 5.51. The molecule has 0 aliphatic heterocycles. The molecule has 10 aromatic carbocycles. The smallest absolute Gasteiger partial charge is 0.0467 e.